The number of amides is 4. The highest BCUT2D eigenvalue weighted by atomic mass is 19.1. The standard InChI is InChI=1S/C22H24FN3O3/c1-3-25(18-11-9-17(23)10-12-18)19(27)15-26-20(28)22(2,24-21(26)29)14-13-16-7-5-4-6-8-16/h4-12H,3,13-15H2,1-2H3,(H,24,29)/t22-/m0/s1. The molecule has 1 atom stereocenters. The summed E-state index contributed by atoms with van der Waals surface area (Å²) in [5, 5.41) is 2.73. The van der Waals surface area contributed by atoms with E-state index in [1.807, 2.05) is 30.3 Å². The van der Waals surface area contributed by atoms with E-state index in [2.05, 4.69) is 5.32 Å². The molecule has 1 aliphatic heterocycles. The topological polar surface area (TPSA) is 69.7 Å². The van der Waals surface area contributed by atoms with Gasteiger partial charge < -0.3 is 10.2 Å². The zero-order valence-corrected chi connectivity index (χ0v) is 16.5. The highest BCUT2D eigenvalue weighted by Crippen LogP contribution is 2.24. The highest BCUT2D eigenvalue weighted by molar-refractivity contribution is 6.10. The number of hydrogen-bond acceptors (Lipinski definition) is 3. The van der Waals surface area contributed by atoms with Gasteiger partial charge >= 0.3 is 6.03 Å². The van der Waals surface area contributed by atoms with Gasteiger partial charge in [0.2, 0.25) is 5.91 Å². The number of nitrogens with zero attached hydrogens (tertiary/aromatic N) is 2. The summed E-state index contributed by atoms with van der Waals surface area (Å²) >= 11 is 0. The average Bonchev–Trinajstić information content (AvgIpc) is 2.93. The van der Waals surface area contributed by atoms with Gasteiger partial charge in [-0.2, -0.15) is 0 Å². The van der Waals surface area contributed by atoms with E-state index in [4.69, 9.17) is 0 Å². The molecule has 4 amide bonds. The molecule has 2 aromatic rings. The van der Waals surface area contributed by atoms with Crippen molar-refractivity contribution in [3.05, 3.63) is 66.0 Å². The number of benzene rings is 2. The third kappa shape index (κ3) is 4.45. The molecule has 1 N–H and O–H groups in total. The van der Waals surface area contributed by atoms with Gasteiger partial charge in [-0.3, -0.25) is 14.5 Å². The fourth-order valence-electron chi connectivity index (χ4n) is 3.44. The van der Waals surface area contributed by atoms with E-state index in [1.54, 1.807) is 13.8 Å². The van der Waals surface area contributed by atoms with E-state index >= 15 is 0 Å². The van der Waals surface area contributed by atoms with Gasteiger partial charge in [-0.15, -0.1) is 0 Å². The Morgan fingerprint density at radius 1 is 1.10 bits per heavy atom. The summed E-state index contributed by atoms with van der Waals surface area (Å²) in [5.41, 5.74) is 0.525. The van der Waals surface area contributed by atoms with Crippen molar-refractivity contribution in [3.8, 4) is 0 Å². The Kier molecular flexibility index (Phi) is 5.96. The van der Waals surface area contributed by atoms with Gasteiger partial charge in [0.25, 0.3) is 5.91 Å². The fraction of sp³-hybridized carbons (Fsp3) is 0.318. The Bertz CT molecular complexity index is 901. The van der Waals surface area contributed by atoms with Crippen LogP contribution in [0.15, 0.2) is 54.6 Å². The van der Waals surface area contributed by atoms with Crippen molar-refractivity contribution in [1.29, 1.82) is 0 Å². The minimum absolute atomic E-state index is 0.333. The molecule has 1 aliphatic rings. The molecule has 0 aliphatic carbocycles. The van der Waals surface area contributed by atoms with Crippen LogP contribution in [0.4, 0.5) is 14.9 Å². The highest BCUT2D eigenvalue weighted by Gasteiger charge is 2.48. The second-order valence-electron chi connectivity index (χ2n) is 7.25. The number of anilines is 1. The summed E-state index contributed by atoms with van der Waals surface area (Å²) in [6, 6.07) is 14.6. The van der Waals surface area contributed by atoms with Crippen molar-refractivity contribution in [3.63, 3.8) is 0 Å². The smallest absolute Gasteiger partial charge is 0.323 e. The lowest BCUT2D eigenvalue weighted by Gasteiger charge is -2.24. The molecule has 1 fully saturated rings. The molecule has 1 heterocycles. The third-order valence-corrected chi connectivity index (χ3v) is 5.15. The van der Waals surface area contributed by atoms with Crippen LogP contribution in [-0.4, -0.2) is 41.4 Å². The molecule has 0 spiro atoms. The second kappa shape index (κ2) is 8.43. The largest absolute Gasteiger partial charge is 0.325 e. The van der Waals surface area contributed by atoms with E-state index in [9.17, 15) is 18.8 Å². The maximum Gasteiger partial charge on any atom is 0.325 e. The van der Waals surface area contributed by atoms with Gasteiger partial charge in [0.05, 0.1) is 0 Å². The molecule has 3 rings (SSSR count). The summed E-state index contributed by atoms with van der Waals surface area (Å²) in [6.45, 7) is 3.42. The Morgan fingerprint density at radius 3 is 2.38 bits per heavy atom. The number of halogens is 1. The van der Waals surface area contributed by atoms with Crippen molar-refractivity contribution in [2.45, 2.75) is 32.2 Å². The third-order valence-electron chi connectivity index (χ3n) is 5.15. The molecular formula is C22H24FN3O3. The fourth-order valence-corrected chi connectivity index (χ4v) is 3.44. The summed E-state index contributed by atoms with van der Waals surface area (Å²) < 4.78 is 13.2. The number of likely N-dealkylation sites (N-methyl/N-ethyl adjacent to an activating group) is 1. The first-order chi connectivity index (χ1) is 13.8. The van der Waals surface area contributed by atoms with Crippen LogP contribution in [0.1, 0.15) is 25.8 Å². The quantitative estimate of drug-likeness (QED) is 0.730. The lowest BCUT2D eigenvalue weighted by atomic mass is 9.93. The first-order valence-electron chi connectivity index (χ1n) is 9.58. The molecule has 0 bridgehead atoms. The zero-order chi connectivity index (χ0) is 21.0. The minimum Gasteiger partial charge on any atom is -0.323 e. The molecule has 0 radical (unpaired) electrons. The molecule has 0 aromatic heterocycles. The minimum atomic E-state index is -1.06. The molecule has 0 saturated carbocycles. The number of urea groups is 1. The van der Waals surface area contributed by atoms with E-state index in [-0.39, 0.29) is 6.54 Å². The molecule has 152 valence electrons. The van der Waals surface area contributed by atoms with Crippen LogP contribution in [0, 0.1) is 5.82 Å². The molecule has 1 saturated heterocycles. The number of nitrogens with one attached hydrogen (secondary N) is 1. The SMILES string of the molecule is CCN(C(=O)CN1C(=O)N[C@@](C)(CCc2ccccc2)C1=O)c1ccc(F)cc1. The van der Waals surface area contributed by atoms with Gasteiger partial charge in [-0.1, -0.05) is 30.3 Å². The van der Waals surface area contributed by atoms with Gasteiger partial charge in [0, 0.05) is 12.2 Å². The van der Waals surface area contributed by atoms with Crippen molar-refractivity contribution >= 4 is 23.5 Å². The van der Waals surface area contributed by atoms with Crippen molar-refractivity contribution in [1.82, 2.24) is 10.2 Å². The first-order valence-corrected chi connectivity index (χ1v) is 9.58. The van der Waals surface area contributed by atoms with Crippen molar-refractivity contribution < 1.29 is 18.8 Å². The Hall–Kier alpha value is -3.22. The number of carbonyl (C=O) groups is 3. The number of hydrogen-bond donors (Lipinski definition) is 1. The maximum atomic E-state index is 13.2. The van der Waals surface area contributed by atoms with E-state index in [0.29, 0.717) is 25.1 Å². The predicted molar refractivity (Wildman–Crippen MR) is 108 cm³/mol. The summed E-state index contributed by atoms with van der Waals surface area (Å²) in [5.74, 6) is -1.22. The van der Waals surface area contributed by atoms with Crippen LogP contribution in [-0.2, 0) is 16.0 Å². The van der Waals surface area contributed by atoms with Crippen LogP contribution in [0.5, 0.6) is 0 Å². The van der Waals surface area contributed by atoms with Crippen LogP contribution >= 0.6 is 0 Å². The van der Waals surface area contributed by atoms with Gasteiger partial charge in [-0.05, 0) is 56.5 Å². The average molecular weight is 397 g/mol. The van der Waals surface area contributed by atoms with Crippen molar-refractivity contribution in [2.24, 2.45) is 0 Å². The van der Waals surface area contributed by atoms with Gasteiger partial charge in [-0.25, -0.2) is 9.18 Å². The monoisotopic (exact) mass is 397 g/mol. The number of imide groups is 1. The predicted octanol–water partition coefficient (Wildman–Crippen LogP) is 3.12. The maximum absolute atomic E-state index is 13.2. The molecule has 2 aromatic carbocycles. The molecule has 0 unspecified atom stereocenters. The van der Waals surface area contributed by atoms with Crippen molar-refractivity contribution in [2.75, 3.05) is 18.0 Å². The van der Waals surface area contributed by atoms with E-state index < -0.39 is 29.2 Å². The summed E-state index contributed by atoms with van der Waals surface area (Å²) in [7, 11) is 0. The number of rotatable bonds is 7. The molecule has 29 heavy (non-hydrogen) atoms. The van der Waals surface area contributed by atoms with Gasteiger partial charge in [0.15, 0.2) is 0 Å². The van der Waals surface area contributed by atoms with Crippen LogP contribution in [0.25, 0.3) is 0 Å². The summed E-state index contributed by atoms with van der Waals surface area (Å²) in [4.78, 5) is 40.5. The van der Waals surface area contributed by atoms with Crippen LogP contribution in [0.3, 0.4) is 0 Å². The lowest BCUT2D eigenvalue weighted by molar-refractivity contribution is -0.134. The normalized spacial score (nSPS) is 18.7. The van der Waals surface area contributed by atoms with E-state index in [1.165, 1.54) is 29.2 Å². The molecule has 7 heteroatoms. The number of aryl methyl sites for hydroxylation is 1. The molecule has 6 nitrogen and oxygen atoms in total. The Labute approximate surface area is 169 Å². The zero-order valence-electron chi connectivity index (χ0n) is 16.5. The lowest BCUT2D eigenvalue weighted by Crippen LogP contribution is -2.46. The first kappa shape index (κ1) is 20.5. The molecular weight excluding hydrogens is 373 g/mol. The van der Waals surface area contributed by atoms with Gasteiger partial charge in [0.1, 0.15) is 17.9 Å². The summed E-state index contributed by atoms with van der Waals surface area (Å²) in [6.07, 6.45) is 1.06. The van der Waals surface area contributed by atoms with Crippen LogP contribution in [0.2, 0.25) is 0 Å². The Morgan fingerprint density at radius 2 is 1.76 bits per heavy atom. The number of carbonyl (C=O) groups excluding carboxylic acids is 3. The van der Waals surface area contributed by atoms with E-state index in [0.717, 1.165) is 10.5 Å². The second-order valence-corrected chi connectivity index (χ2v) is 7.25. The van der Waals surface area contributed by atoms with Crippen LogP contribution < -0.4 is 10.2 Å². The Balaban J connectivity index is 1.68.